The molecule has 1 saturated heterocycles. The van der Waals surface area contributed by atoms with Crippen LogP contribution < -0.4 is 5.32 Å². The number of fused-ring (bicyclic) bond motifs is 2. The largest absolute Gasteiger partial charge is 0.468 e. The minimum Gasteiger partial charge on any atom is -0.468 e. The van der Waals surface area contributed by atoms with Crippen molar-refractivity contribution >= 4 is 17.6 Å². The molecule has 3 aromatic rings. The Morgan fingerprint density at radius 3 is 2.66 bits per heavy atom. The van der Waals surface area contributed by atoms with Crippen LogP contribution in [-0.2, 0) is 26.4 Å². The summed E-state index contributed by atoms with van der Waals surface area (Å²) in [5.74, 6) is -0.894. The number of para-hydroxylation sites is 1. The first-order chi connectivity index (χ1) is 15.4. The summed E-state index contributed by atoms with van der Waals surface area (Å²) < 4.78 is 7.35. The number of likely N-dealkylation sites (N-methyl/N-ethyl adjacent to an activating group) is 1. The normalized spacial score (nSPS) is 26.8. The van der Waals surface area contributed by atoms with Gasteiger partial charge in [0.05, 0.1) is 13.4 Å². The average molecular weight is 431 g/mol. The fraction of sp³-hybridized carbons (Fsp3) is 0.320. The van der Waals surface area contributed by atoms with E-state index in [9.17, 15) is 9.59 Å². The molecular formula is C25H26N4O3. The van der Waals surface area contributed by atoms with E-state index in [1.165, 1.54) is 7.11 Å². The molecule has 2 aliphatic rings. The highest BCUT2D eigenvalue weighted by Crippen LogP contribution is 2.63. The topological polar surface area (TPSA) is 76.5 Å². The molecule has 0 bridgehead atoms. The van der Waals surface area contributed by atoms with Gasteiger partial charge in [-0.25, -0.2) is 4.98 Å². The second-order valence-corrected chi connectivity index (χ2v) is 8.75. The van der Waals surface area contributed by atoms with Crippen LogP contribution in [0.2, 0.25) is 0 Å². The fourth-order valence-corrected chi connectivity index (χ4v) is 5.84. The zero-order valence-electron chi connectivity index (χ0n) is 18.4. The monoisotopic (exact) mass is 430 g/mol. The number of carbonyl (C=O) groups is 2. The molecule has 0 aliphatic carbocycles. The van der Waals surface area contributed by atoms with Gasteiger partial charge in [0.15, 0.2) is 0 Å². The first-order valence-corrected chi connectivity index (χ1v) is 10.7. The van der Waals surface area contributed by atoms with Crippen LogP contribution in [0.5, 0.6) is 0 Å². The molecule has 1 aromatic heterocycles. The van der Waals surface area contributed by atoms with E-state index in [0.29, 0.717) is 6.54 Å². The molecule has 0 radical (unpaired) electrons. The lowest BCUT2D eigenvalue weighted by Gasteiger charge is -2.44. The zero-order chi connectivity index (χ0) is 22.5. The molecule has 1 spiro atoms. The fourth-order valence-electron chi connectivity index (χ4n) is 5.84. The Bertz CT molecular complexity index is 1170. The molecule has 5 rings (SSSR count). The number of methoxy groups -OCH3 is 1. The summed E-state index contributed by atoms with van der Waals surface area (Å²) in [4.78, 5) is 34.0. The molecule has 1 amide bonds. The molecule has 2 aromatic carbocycles. The van der Waals surface area contributed by atoms with Gasteiger partial charge in [0, 0.05) is 42.7 Å². The van der Waals surface area contributed by atoms with Gasteiger partial charge in [0.25, 0.3) is 5.91 Å². The molecule has 2 aliphatic heterocycles. The van der Waals surface area contributed by atoms with Crippen LogP contribution in [0.25, 0.3) is 0 Å². The molecule has 0 unspecified atom stereocenters. The Labute approximate surface area is 187 Å². The second kappa shape index (κ2) is 7.31. The van der Waals surface area contributed by atoms with Gasteiger partial charge in [-0.2, -0.15) is 0 Å². The highest BCUT2D eigenvalue weighted by Gasteiger charge is 2.74. The molecule has 164 valence electrons. The number of hydrogen-bond donors (Lipinski definition) is 1. The first-order valence-electron chi connectivity index (χ1n) is 10.7. The lowest BCUT2D eigenvalue weighted by molar-refractivity contribution is -0.165. The standard InChI is InChI=1S/C25H26N4O3/c1-17-8-10-18(11-9-17)20-14-28(2)25(19-6-4-5-7-21(19)27-22(25)30)24(20,23(31)32-3)15-29-13-12-26-16-29/h4-13,16,20H,14-15H2,1-3H3,(H,27,30)/t20-,24+,25+/m0/s1. The Kier molecular flexibility index (Phi) is 4.67. The van der Waals surface area contributed by atoms with Crippen LogP contribution in [0.3, 0.4) is 0 Å². The molecule has 3 heterocycles. The Hall–Kier alpha value is -3.45. The number of aromatic nitrogens is 2. The van der Waals surface area contributed by atoms with Crippen molar-refractivity contribution in [3.05, 3.63) is 83.9 Å². The molecule has 1 fully saturated rings. The van der Waals surface area contributed by atoms with Gasteiger partial charge in [0.1, 0.15) is 11.0 Å². The summed E-state index contributed by atoms with van der Waals surface area (Å²) in [6.07, 6.45) is 5.18. The van der Waals surface area contributed by atoms with Gasteiger partial charge >= 0.3 is 5.97 Å². The Balaban J connectivity index is 1.83. The number of aryl methyl sites for hydroxylation is 1. The van der Waals surface area contributed by atoms with E-state index in [4.69, 9.17) is 4.74 Å². The summed E-state index contributed by atoms with van der Waals surface area (Å²) in [6.45, 7) is 2.81. The van der Waals surface area contributed by atoms with Crippen LogP contribution in [-0.4, -0.2) is 47.0 Å². The minimum absolute atomic E-state index is 0.207. The van der Waals surface area contributed by atoms with Crippen LogP contribution in [0.1, 0.15) is 22.6 Å². The number of benzene rings is 2. The van der Waals surface area contributed by atoms with Crippen molar-refractivity contribution in [2.24, 2.45) is 5.41 Å². The van der Waals surface area contributed by atoms with Crippen molar-refractivity contribution in [2.45, 2.75) is 24.9 Å². The molecule has 32 heavy (non-hydrogen) atoms. The number of nitrogens with zero attached hydrogens (tertiary/aromatic N) is 3. The Morgan fingerprint density at radius 2 is 1.97 bits per heavy atom. The molecule has 3 atom stereocenters. The smallest absolute Gasteiger partial charge is 0.317 e. The predicted octanol–water partition coefficient (Wildman–Crippen LogP) is 2.93. The third-order valence-electron chi connectivity index (χ3n) is 7.18. The lowest BCUT2D eigenvalue weighted by Crippen LogP contribution is -2.60. The highest BCUT2D eigenvalue weighted by molar-refractivity contribution is 6.10. The van der Waals surface area contributed by atoms with Crippen molar-refractivity contribution in [3.63, 3.8) is 0 Å². The summed E-state index contributed by atoms with van der Waals surface area (Å²) in [5.41, 5.74) is 1.22. The zero-order valence-corrected chi connectivity index (χ0v) is 18.4. The van der Waals surface area contributed by atoms with Crippen LogP contribution in [0.4, 0.5) is 5.69 Å². The van der Waals surface area contributed by atoms with Gasteiger partial charge in [0.2, 0.25) is 0 Å². The van der Waals surface area contributed by atoms with E-state index in [0.717, 1.165) is 22.4 Å². The number of carbonyl (C=O) groups excluding carboxylic acids is 2. The molecule has 0 saturated carbocycles. The SMILES string of the molecule is COC(=O)[C@@]1(Cn2ccnc2)[C@H](c2ccc(C)cc2)CN(C)[C@]12C(=O)Nc1ccccc12. The number of ether oxygens (including phenoxy) is 1. The number of imidazole rings is 1. The number of nitrogens with one attached hydrogen (secondary N) is 1. The van der Waals surface area contributed by atoms with Crippen molar-refractivity contribution in [3.8, 4) is 0 Å². The van der Waals surface area contributed by atoms with Gasteiger partial charge in [-0.15, -0.1) is 0 Å². The maximum atomic E-state index is 13.9. The third-order valence-corrected chi connectivity index (χ3v) is 7.18. The van der Waals surface area contributed by atoms with E-state index in [1.54, 1.807) is 12.5 Å². The van der Waals surface area contributed by atoms with E-state index in [2.05, 4.69) is 22.4 Å². The molecule has 7 heteroatoms. The number of esters is 1. The number of amides is 1. The van der Waals surface area contributed by atoms with E-state index in [-0.39, 0.29) is 18.4 Å². The van der Waals surface area contributed by atoms with Gasteiger partial charge in [-0.05, 0) is 25.6 Å². The third kappa shape index (κ3) is 2.54. The van der Waals surface area contributed by atoms with Crippen LogP contribution >= 0.6 is 0 Å². The molecule has 7 nitrogen and oxygen atoms in total. The maximum absolute atomic E-state index is 13.9. The number of hydrogen-bond acceptors (Lipinski definition) is 5. The van der Waals surface area contributed by atoms with E-state index in [1.807, 2.05) is 66.0 Å². The highest BCUT2D eigenvalue weighted by atomic mass is 16.5. The van der Waals surface area contributed by atoms with Gasteiger partial charge in [-0.1, -0.05) is 48.0 Å². The summed E-state index contributed by atoms with van der Waals surface area (Å²) >= 11 is 0. The quantitative estimate of drug-likeness (QED) is 0.644. The predicted molar refractivity (Wildman–Crippen MR) is 120 cm³/mol. The summed E-state index contributed by atoms with van der Waals surface area (Å²) in [5, 5.41) is 3.04. The lowest BCUT2D eigenvalue weighted by atomic mass is 9.60. The second-order valence-electron chi connectivity index (χ2n) is 8.75. The molecular weight excluding hydrogens is 404 g/mol. The number of rotatable bonds is 4. The Morgan fingerprint density at radius 1 is 1.22 bits per heavy atom. The average Bonchev–Trinajstić information content (AvgIpc) is 3.47. The maximum Gasteiger partial charge on any atom is 0.317 e. The first kappa shape index (κ1) is 20.5. The van der Waals surface area contributed by atoms with Crippen molar-refractivity contribution in [1.29, 1.82) is 0 Å². The number of likely N-dealkylation sites (tertiary alicyclic amines) is 1. The van der Waals surface area contributed by atoms with Crippen molar-refractivity contribution in [1.82, 2.24) is 14.5 Å². The molecule has 1 N–H and O–H groups in total. The van der Waals surface area contributed by atoms with E-state index >= 15 is 0 Å². The van der Waals surface area contributed by atoms with Crippen LogP contribution in [0, 0.1) is 12.3 Å². The van der Waals surface area contributed by atoms with Crippen molar-refractivity contribution < 1.29 is 14.3 Å². The minimum atomic E-state index is -1.23. The van der Waals surface area contributed by atoms with Crippen molar-refractivity contribution in [2.75, 3.05) is 26.0 Å². The van der Waals surface area contributed by atoms with E-state index < -0.39 is 16.9 Å². The number of anilines is 1. The van der Waals surface area contributed by atoms with Gasteiger partial charge in [-0.3, -0.25) is 14.5 Å². The summed E-state index contributed by atoms with van der Waals surface area (Å²) in [7, 11) is 3.32. The van der Waals surface area contributed by atoms with Crippen LogP contribution in [0.15, 0.2) is 67.3 Å². The van der Waals surface area contributed by atoms with Gasteiger partial charge < -0.3 is 14.6 Å². The summed E-state index contributed by atoms with van der Waals surface area (Å²) in [6, 6.07) is 15.8.